The molecule has 2 aromatic carbocycles. The van der Waals surface area contributed by atoms with Crippen molar-refractivity contribution in [2.24, 2.45) is 5.92 Å². The molecule has 1 aliphatic rings. The minimum absolute atomic E-state index is 0.251. The molecule has 0 bridgehead atoms. The van der Waals surface area contributed by atoms with Crippen LogP contribution in [0.1, 0.15) is 12.8 Å². The van der Waals surface area contributed by atoms with Crippen molar-refractivity contribution in [3.63, 3.8) is 0 Å². The maximum atomic E-state index is 12.5. The maximum Gasteiger partial charge on any atom is 0.401 e. The Labute approximate surface area is 155 Å². The smallest absolute Gasteiger partial charge is 0.401 e. The number of alkyl halides is 3. The van der Waals surface area contributed by atoms with Crippen molar-refractivity contribution in [2.45, 2.75) is 19.0 Å². The van der Waals surface area contributed by atoms with Crippen LogP contribution in [0.3, 0.4) is 0 Å². The molecule has 3 aromatic rings. The first-order chi connectivity index (χ1) is 13.0. The predicted octanol–water partition coefficient (Wildman–Crippen LogP) is 5.04. The van der Waals surface area contributed by atoms with Gasteiger partial charge in [0.1, 0.15) is 0 Å². The molecule has 3 nitrogen and oxygen atoms in total. The van der Waals surface area contributed by atoms with Gasteiger partial charge in [-0.1, -0.05) is 36.4 Å². The molecule has 0 aliphatic carbocycles. The SMILES string of the molecule is FC(F)(F)CN1CCC(COc2nc3ccccc3c3ccccc23)CC1. The molecule has 1 fully saturated rings. The first kappa shape index (κ1) is 18.0. The van der Waals surface area contributed by atoms with Gasteiger partial charge >= 0.3 is 6.18 Å². The van der Waals surface area contributed by atoms with Gasteiger partial charge in [0.25, 0.3) is 0 Å². The van der Waals surface area contributed by atoms with Crippen LogP contribution in [0.25, 0.3) is 21.7 Å². The molecule has 0 unspecified atom stereocenters. The van der Waals surface area contributed by atoms with Gasteiger partial charge < -0.3 is 4.74 Å². The highest BCUT2D eigenvalue weighted by Crippen LogP contribution is 2.31. The number of nitrogens with zero attached hydrogens (tertiary/aromatic N) is 2. The zero-order valence-corrected chi connectivity index (χ0v) is 14.9. The summed E-state index contributed by atoms with van der Waals surface area (Å²) in [6, 6.07) is 16.0. The third kappa shape index (κ3) is 4.16. The highest BCUT2D eigenvalue weighted by molar-refractivity contribution is 6.07. The number of benzene rings is 2. The lowest BCUT2D eigenvalue weighted by Crippen LogP contribution is -2.41. The minimum atomic E-state index is -4.13. The van der Waals surface area contributed by atoms with E-state index in [4.69, 9.17) is 4.74 Å². The highest BCUT2D eigenvalue weighted by Gasteiger charge is 2.32. The first-order valence-electron chi connectivity index (χ1n) is 9.19. The van der Waals surface area contributed by atoms with Crippen molar-refractivity contribution in [1.82, 2.24) is 9.88 Å². The molecule has 0 N–H and O–H groups in total. The molecule has 0 atom stereocenters. The Morgan fingerprint density at radius 2 is 1.56 bits per heavy atom. The van der Waals surface area contributed by atoms with Crippen LogP contribution < -0.4 is 4.74 Å². The van der Waals surface area contributed by atoms with Crippen molar-refractivity contribution in [3.05, 3.63) is 48.5 Å². The Hall–Kier alpha value is -2.34. The summed E-state index contributed by atoms with van der Waals surface area (Å²) in [6.45, 7) is 0.575. The number of piperidine rings is 1. The number of hydrogen-bond acceptors (Lipinski definition) is 3. The average molecular weight is 374 g/mol. The lowest BCUT2D eigenvalue weighted by atomic mass is 9.98. The maximum absolute atomic E-state index is 12.5. The second kappa shape index (κ2) is 7.35. The van der Waals surface area contributed by atoms with Crippen LogP contribution in [0.4, 0.5) is 13.2 Å². The van der Waals surface area contributed by atoms with Gasteiger partial charge in [-0.2, -0.15) is 13.2 Å². The Kier molecular flexibility index (Phi) is 4.91. The van der Waals surface area contributed by atoms with E-state index in [0.717, 1.165) is 21.7 Å². The van der Waals surface area contributed by atoms with Gasteiger partial charge in [0, 0.05) is 10.8 Å². The van der Waals surface area contributed by atoms with E-state index < -0.39 is 12.7 Å². The van der Waals surface area contributed by atoms with E-state index in [9.17, 15) is 13.2 Å². The van der Waals surface area contributed by atoms with Crippen molar-refractivity contribution in [3.8, 4) is 5.88 Å². The first-order valence-corrected chi connectivity index (χ1v) is 9.19. The van der Waals surface area contributed by atoms with Crippen LogP contribution in [0.2, 0.25) is 0 Å². The van der Waals surface area contributed by atoms with Gasteiger partial charge in [-0.05, 0) is 49.4 Å². The van der Waals surface area contributed by atoms with E-state index in [1.165, 1.54) is 4.90 Å². The monoisotopic (exact) mass is 374 g/mol. The molecule has 0 spiro atoms. The van der Waals surface area contributed by atoms with Gasteiger partial charge in [0.05, 0.1) is 18.7 Å². The topological polar surface area (TPSA) is 25.4 Å². The van der Waals surface area contributed by atoms with Crippen LogP contribution in [-0.2, 0) is 0 Å². The minimum Gasteiger partial charge on any atom is -0.477 e. The highest BCUT2D eigenvalue weighted by atomic mass is 19.4. The molecule has 1 aromatic heterocycles. The van der Waals surface area contributed by atoms with E-state index in [0.29, 0.717) is 38.4 Å². The number of aromatic nitrogens is 1. The van der Waals surface area contributed by atoms with Gasteiger partial charge in [-0.25, -0.2) is 4.98 Å². The number of likely N-dealkylation sites (tertiary alicyclic amines) is 1. The number of rotatable bonds is 4. The van der Waals surface area contributed by atoms with Crippen molar-refractivity contribution < 1.29 is 17.9 Å². The van der Waals surface area contributed by atoms with Crippen LogP contribution in [0.5, 0.6) is 5.88 Å². The fourth-order valence-electron chi connectivity index (χ4n) is 3.74. The molecule has 2 heterocycles. The number of fused-ring (bicyclic) bond motifs is 3. The quantitative estimate of drug-likeness (QED) is 0.598. The zero-order chi connectivity index (χ0) is 18.9. The average Bonchev–Trinajstić information content (AvgIpc) is 2.66. The van der Waals surface area contributed by atoms with Crippen LogP contribution in [0, 0.1) is 5.92 Å². The zero-order valence-electron chi connectivity index (χ0n) is 14.9. The van der Waals surface area contributed by atoms with Gasteiger partial charge in [-0.15, -0.1) is 0 Å². The third-order valence-electron chi connectivity index (χ3n) is 5.14. The second-order valence-electron chi connectivity index (χ2n) is 7.13. The summed E-state index contributed by atoms with van der Waals surface area (Å²) in [4.78, 5) is 6.14. The van der Waals surface area contributed by atoms with Crippen molar-refractivity contribution in [1.29, 1.82) is 0 Å². The standard InChI is InChI=1S/C21H21F3N2O/c22-21(23,24)14-26-11-9-15(10-12-26)13-27-20-18-7-2-1-5-16(18)17-6-3-4-8-19(17)25-20/h1-8,15H,9-14H2. The summed E-state index contributed by atoms with van der Waals surface area (Å²) in [5, 5.41) is 3.14. The van der Waals surface area contributed by atoms with Crippen molar-refractivity contribution >= 4 is 21.7 Å². The molecule has 1 aliphatic heterocycles. The number of para-hydroxylation sites is 1. The molecule has 6 heteroatoms. The summed E-state index contributed by atoms with van der Waals surface area (Å²) < 4.78 is 43.6. The number of pyridine rings is 1. The molecule has 142 valence electrons. The number of hydrogen-bond donors (Lipinski definition) is 0. The third-order valence-corrected chi connectivity index (χ3v) is 5.14. The normalized spacial score (nSPS) is 16.9. The number of ether oxygens (including phenoxy) is 1. The molecule has 0 amide bonds. The molecule has 27 heavy (non-hydrogen) atoms. The van der Waals surface area contributed by atoms with E-state index in [2.05, 4.69) is 11.1 Å². The van der Waals surface area contributed by atoms with Crippen LogP contribution >= 0.6 is 0 Å². The van der Waals surface area contributed by atoms with Gasteiger partial charge in [0.15, 0.2) is 0 Å². The molecule has 0 radical (unpaired) electrons. The number of halogens is 3. The Morgan fingerprint density at radius 1 is 0.926 bits per heavy atom. The molecular formula is C21H21F3N2O. The molecular weight excluding hydrogens is 353 g/mol. The molecule has 1 saturated heterocycles. The molecule has 0 saturated carbocycles. The van der Waals surface area contributed by atoms with E-state index in [1.807, 2.05) is 42.5 Å². The Balaban J connectivity index is 1.46. The van der Waals surface area contributed by atoms with Gasteiger partial charge in [-0.3, -0.25) is 4.90 Å². The molecule has 4 rings (SSSR count). The van der Waals surface area contributed by atoms with Crippen molar-refractivity contribution in [2.75, 3.05) is 26.2 Å². The Bertz CT molecular complexity index is 934. The lowest BCUT2D eigenvalue weighted by molar-refractivity contribution is -0.148. The van der Waals surface area contributed by atoms with E-state index >= 15 is 0 Å². The van der Waals surface area contributed by atoms with Gasteiger partial charge in [0.2, 0.25) is 5.88 Å². The summed E-state index contributed by atoms with van der Waals surface area (Å²) in [5.74, 6) is 0.850. The van der Waals surface area contributed by atoms with Crippen LogP contribution in [0.15, 0.2) is 48.5 Å². The van der Waals surface area contributed by atoms with Crippen LogP contribution in [-0.4, -0.2) is 42.3 Å². The Morgan fingerprint density at radius 3 is 2.26 bits per heavy atom. The summed E-state index contributed by atoms with van der Waals surface area (Å²) in [5.41, 5.74) is 0.881. The fourth-order valence-corrected chi connectivity index (χ4v) is 3.74. The second-order valence-corrected chi connectivity index (χ2v) is 7.13. The summed E-state index contributed by atoms with van der Waals surface area (Å²) >= 11 is 0. The summed E-state index contributed by atoms with van der Waals surface area (Å²) in [7, 11) is 0. The predicted molar refractivity (Wildman–Crippen MR) is 100.0 cm³/mol. The van der Waals surface area contributed by atoms with E-state index in [1.54, 1.807) is 0 Å². The van der Waals surface area contributed by atoms with E-state index in [-0.39, 0.29) is 5.92 Å². The lowest BCUT2D eigenvalue weighted by Gasteiger charge is -2.32. The largest absolute Gasteiger partial charge is 0.477 e. The summed E-state index contributed by atoms with van der Waals surface area (Å²) in [6.07, 6.45) is -2.71. The fraction of sp³-hybridized carbons (Fsp3) is 0.381.